The largest absolute Gasteiger partial charge is 0.465 e. The first-order chi connectivity index (χ1) is 11.9. The van der Waals surface area contributed by atoms with E-state index in [4.69, 9.17) is 16.3 Å². The van der Waals surface area contributed by atoms with Crippen LogP contribution in [0.3, 0.4) is 0 Å². The van der Waals surface area contributed by atoms with Gasteiger partial charge < -0.3 is 19.8 Å². The van der Waals surface area contributed by atoms with Crippen LogP contribution in [0, 0.1) is 11.7 Å². The fourth-order valence-electron chi connectivity index (χ4n) is 3.58. The van der Waals surface area contributed by atoms with Crippen molar-refractivity contribution in [3.8, 4) is 0 Å². The van der Waals surface area contributed by atoms with Gasteiger partial charge in [-0.3, -0.25) is 0 Å². The van der Waals surface area contributed by atoms with E-state index >= 15 is 0 Å². The number of nitrogens with zero attached hydrogens (tertiary/aromatic N) is 1. The Labute approximate surface area is 152 Å². The van der Waals surface area contributed by atoms with Crippen molar-refractivity contribution in [3.63, 3.8) is 0 Å². The van der Waals surface area contributed by atoms with Crippen LogP contribution >= 0.6 is 11.6 Å². The van der Waals surface area contributed by atoms with Crippen LogP contribution in [0.1, 0.15) is 37.7 Å². The molecule has 2 unspecified atom stereocenters. The van der Waals surface area contributed by atoms with Gasteiger partial charge in [0.1, 0.15) is 5.82 Å². The van der Waals surface area contributed by atoms with Crippen LogP contribution in [0.25, 0.3) is 0 Å². The van der Waals surface area contributed by atoms with Gasteiger partial charge >= 0.3 is 6.09 Å². The van der Waals surface area contributed by atoms with Crippen molar-refractivity contribution in [2.75, 3.05) is 26.8 Å². The minimum atomic E-state index is -1.46. The van der Waals surface area contributed by atoms with Gasteiger partial charge in [-0.25, -0.2) is 9.18 Å². The summed E-state index contributed by atoms with van der Waals surface area (Å²) < 4.78 is 19.7. The Kier molecular flexibility index (Phi) is 7.04. The number of likely N-dealkylation sites (tertiary alicyclic amines) is 1. The minimum Gasteiger partial charge on any atom is -0.465 e. The third-order valence-electron chi connectivity index (χ3n) is 4.94. The first-order valence-corrected chi connectivity index (χ1v) is 8.91. The standard InChI is InChI=1S/C18H25ClFNO4/c1-25-11-3-2-9-18(24,14-7-4-8-15(19)16(14)20)13-6-5-10-21(12-13)17(22)23/h4,7-8,13,24H,2-3,5-6,9-12H2,1H3,(H,22,23). The molecule has 0 bridgehead atoms. The molecule has 1 heterocycles. The Hall–Kier alpha value is -1.37. The number of hydrogen-bond donors (Lipinski definition) is 2. The smallest absolute Gasteiger partial charge is 0.407 e. The lowest BCUT2D eigenvalue weighted by atomic mass is 9.74. The van der Waals surface area contributed by atoms with Gasteiger partial charge in [0.05, 0.1) is 10.6 Å². The fraction of sp³-hybridized carbons (Fsp3) is 0.611. The number of ether oxygens (including phenoxy) is 1. The number of aliphatic hydroxyl groups is 1. The van der Waals surface area contributed by atoms with E-state index in [9.17, 15) is 19.4 Å². The van der Waals surface area contributed by atoms with Crippen LogP contribution in [0.15, 0.2) is 18.2 Å². The maximum absolute atomic E-state index is 14.6. The Balaban J connectivity index is 2.31. The summed E-state index contributed by atoms with van der Waals surface area (Å²) >= 11 is 5.91. The maximum atomic E-state index is 14.6. The molecular formula is C18H25ClFNO4. The van der Waals surface area contributed by atoms with Crippen molar-refractivity contribution < 1.29 is 24.1 Å². The van der Waals surface area contributed by atoms with Gasteiger partial charge in [-0.05, 0) is 38.2 Å². The number of halogens is 2. The van der Waals surface area contributed by atoms with Crippen LogP contribution in [-0.2, 0) is 10.3 Å². The number of carbonyl (C=O) groups is 1. The number of piperidine rings is 1. The van der Waals surface area contributed by atoms with E-state index in [1.165, 1.54) is 17.0 Å². The van der Waals surface area contributed by atoms with Gasteiger partial charge in [0.15, 0.2) is 0 Å². The Morgan fingerprint density at radius 3 is 2.92 bits per heavy atom. The normalized spacial score (nSPS) is 20.3. The molecule has 1 amide bonds. The van der Waals surface area contributed by atoms with Crippen LogP contribution in [0.5, 0.6) is 0 Å². The first-order valence-electron chi connectivity index (χ1n) is 8.54. The highest BCUT2D eigenvalue weighted by Gasteiger charge is 2.43. The van der Waals surface area contributed by atoms with Gasteiger partial charge in [0.2, 0.25) is 0 Å². The molecule has 140 valence electrons. The lowest BCUT2D eigenvalue weighted by Crippen LogP contribution is -2.48. The molecule has 0 saturated carbocycles. The van der Waals surface area contributed by atoms with Crippen molar-refractivity contribution in [2.24, 2.45) is 5.92 Å². The molecule has 25 heavy (non-hydrogen) atoms. The second-order valence-corrected chi connectivity index (χ2v) is 6.95. The summed E-state index contributed by atoms with van der Waals surface area (Å²) in [6.07, 6.45) is 1.95. The summed E-state index contributed by atoms with van der Waals surface area (Å²) in [4.78, 5) is 12.6. The van der Waals surface area contributed by atoms with Crippen LogP contribution in [-0.4, -0.2) is 48.0 Å². The highest BCUT2D eigenvalue weighted by atomic mass is 35.5. The maximum Gasteiger partial charge on any atom is 0.407 e. The average Bonchev–Trinajstić information content (AvgIpc) is 2.61. The lowest BCUT2D eigenvalue weighted by Gasteiger charge is -2.42. The molecule has 1 saturated heterocycles. The summed E-state index contributed by atoms with van der Waals surface area (Å²) in [5.41, 5.74) is -1.31. The monoisotopic (exact) mass is 373 g/mol. The second-order valence-electron chi connectivity index (χ2n) is 6.54. The number of methoxy groups -OCH3 is 1. The van der Waals surface area contributed by atoms with Crippen molar-refractivity contribution in [2.45, 2.75) is 37.7 Å². The van der Waals surface area contributed by atoms with E-state index in [2.05, 4.69) is 0 Å². The Morgan fingerprint density at radius 1 is 1.48 bits per heavy atom. The fourth-order valence-corrected chi connectivity index (χ4v) is 3.75. The molecule has 1 aromatic rings. The first kappa shape index (κ1) is 19.9. The number of hydrogen-bond acceptors (Lipinski definition) is 3. The molecule has 1 aromatic carbocycles. The zero-order valence-corrected chi connectivity index (χ0v) is 15.1. The zero-order valence-electron chi connectivity index (χ0n) is 14.4. The number of benzene rings is 1. The summed E-state index contributed by atoms with van der Waals surface area (Å²) in [6.45, 7) is 1.17. The van der Waals surface area contributed by atoms with Gasteiger partial charge in [-0.15, -0.1) is 0 Å². The molecule has 0 aliphatic carbocycles. The molecule has 1 aliphatic rings. The topological polar surface area (TPSA) is 70.0 Å². The number of unbranched alkanes of at least 4 members (excludes halogenated alkanes) is 1. The van der Waals surface area contributed by atoms with E-state index < -0.39 is 17.5 Å². The van der Waals surface area contributed by atoms with Gasteiger partial charge in [-0.2, -0.15) is 0 Å². The highest BCUT2D eigenvalue weighted by Crippen LogP contribution is 2.41. The third kappa shape index (κ3) is 4.63. The van der Waals surface area contributed by atoms with Gasteiger partial charge in [0.25, 0.3) is 0 Å². The van der Waals surface area contributed by atoms with E-state index in [1.807, 2.05) is 0 Å². The SMILES string of the molecule is COCCCCC(O)(c1cccc(Cl)c1F)C1CCCN(C(=O)O)C1. The second kappa shape index (κ2) is 8.83. The third-order valence-corrected chi connectivity index (χ3v) is 5.23. The molecule has 0 radical (unpaired) electrons. The summed E-state index contributed by atoms with van der Waals surface area (Å²) in [6, 6.07) is 4.59. The van der Waals surface area contributed by atoms with Gasteiger partial charge in [0, 0.05) is 38.3 Å². The molecule has 5 nitrogen and oxygen atoms in total. The van der Waals surface area contributed by atoms with Crippen molar-refractivity contribution in [1.82, 2.24) is 4.90 Å². The van der Waals surface area contributed by atoms with E-state index in [-0.39, 0.29) is 23.0 Å². The highest BCUT2D eigenvalue weighted by molar-refractivity contribution is 6.30. The van der Waals surface area contributed by atoms with Crippen molar-refractivity contribution in [3.05, 3.63) is 34.6 Å². The predicted molar refractivity (Wildman–Crippen MR) is 93.4 cm³/mol. The number of rotatable bonds is 7. The Bertz CT molecular complexity index is 600. The molecule has 0 spiro atoms. The zero-order chi connectivity index (χ0) is 18.4. The van der Waals surface area contributed by atoms with Crippen molar-refractivity contribution >= 4 is 17.7 Å². The van der Waals surface area contributed by atoms with Gasteiger partial charge in [-0.1, -0.05) is 23.7 Å². The van der Waals surface area contributed by atoms with Crippen LogP contribution in [0.2, 0.25) is 5.02 Å². The predicted octanol–water partition coefficient (Wildman–Crippen LogP) is 3.87. The molecule has 2 atom stereocenters. The number of amides is 1. The number of carboxylic acid groups (broad SMARTS) is 1. The molecule has 2 rings (SSSR count). The minimum absolute atomic E-state index is 0.0429. The molecule has 2 N–H and O–H groups in total. The summed E-state index contributed by atoms with van der Waals surface area (Å²) in [5, 5.41) is 20.7. The van der Waals surface area contributed by atoms with Crippen molar-refractivity contribution in [1.29, 1.82) is 0 Å². The molecule has 7 heteroatoms. The van der Waals surface area contributed by atoms with E-state index in [0.717, 1.165) is 6.42 Å². The average molecular weight is 374 g/mol. The molecule has 1 aliphatic heterocycles. The molecule has 0 aromatic heterocycles. The molecule has 1 fully saturated rings. The summed E-state index contributed by atoms with van der Waals surface area (Å²) in [5.74, 6) is -1.02. The van der Waals surface area contributed by atoms with Crippen LogP contribution in [0.4, 0.5) is 9.18 Å². The molecular weight excluding hydrogens is 349 g/mol. The van der Waals surface area contributed by atoms with E-state index in [1.54, 1.807) is 13.2 Å². The summed E-state index contributed by atoms with van der Waals surface area (Å²) in [7, 11) is 1.61. The lowest BCUT2D eigenvalue weighted by molar-refractivity contribution is -0.0608. The quantitative estimate of drug-likeness (QED) is 0.712. The Morgan fingerprint density at radius 2 is 2.24 bits per heavy atom. The van der Waals surface area contributed by atoms with Crippen LogP contribution < -0.4 is 0 Å². The van der Waals surface area contributed by atoms with E-state index in [0.29, 0.717) is 38.8 Å².